The summed E-state index contributed by atoms with van der Waals surface area (Å²) in [5.74, 6) is 0.960. The molecule has 0 fully saturated rings. The second-order valence-corrected chi connectivity index (χ2v) is 4.69. The number of rotatable bonds is 9. The summed E-state index contributed by atoms with van der Waals surface area (Å²) in [5.41, 5.74) is 1.32. The van der Waals surface area contributed by atoms with Crippen LogP contribution in [0.25, 0.3) is 0 Å². The van der Waals surface area contributed by atoms with E-state index in [1.54, 1.807) is 0 Å². The van der Waals surface area contributed by atoms with Crippen LogP contribution < -0.4 is 10.1 Å². The lowest BCUT2D eigenvalue weighted by atomic mass is 10.1. The minimum absolute atomic E-state index is 0.435. The van der Waals surface area contributed by atoms with Crippen LogP contribution in [0.1, 0.15) is 38.8 Å². The number of nitrogens with zero attached hydrogens (tertiary/aromatic N) is 1. The first-order chi connectivity index (χ1) is 9.24. The minimum atomic E-state index is 0.435. The third-order valence-corrected chi connectivity index (χ3v) is 3.61. The highest BCUT2D eigenvalue weighted by atomic mass is 16.5. The van der Waals surface area contributed by atoms with Gasteiger partial charge in [-0.15, -0.1) is 0 Å². The first kappa shape index (κ1) is 16.0. The molecule has 1 aromatic carbocycles. The number of benzene rings is 1. The van der Waals surface area contributed by atoms with Crippen LogP contribution in [0, 0.1) is 0 Å². The van der Waals surface area contributed by atoms with Crippen LogP contribution in [0.4, 0.5) is 0 Å². The van der Waals surface area contributed by atoms with Crippen molar-refractivity contribution in [3.8, 4) is 5.75 Å². The summed E-state index contributed by atoms with van der Waals surface area (Å²) in [4.78, 5) is 2.36. The molecule has 1 N–H and O–H groups in total. The predicted molar refractivity (Wildman–Crippen MR) is 81.8 cm³/mol. The van der Waals surface area contributed by atoms with Gasteiger partial charge in [0.1, 0.15) is 12.4 Å². The van der Waals surface area contributed by atoms with Crippen molar-refractivity contribution in [3.05, 3.63) is 29.8 Å². The monoisotopic (exact) mass is 264 g/mol. The Morgan fingerprint density at radius 2 is 1.74 bits per heavy atom. The van der Waals surface area contributed by atoms with Crippen molar-refractivity contribution >= 4 is 0 Å². The van der Waals surface area contributed by atoms with Gasteiger partial charge >= 0.3 is 0 Å². The van der Waals surface area contributed by atoms with Crippen molar-refractivity contribution < 1.29 is 4.74 Å². The molecule has 108 valence electrons. The van der Waals surface area contributed by atoms with E-state index in [0.717, 1.165) is 38.4 Å². The zero-order chi connectivity index (χ0) is 14.1. The van der Waals surface area contributed by atoms with E-state index in [1.807, 2.05) is 7.05 Å². The van der Waals surface area contributed by atoms with Crippen molar-refractivity contribution in [2.45, 2.75) is 33.2 Å². The standard InChI is InChI=1S/C16H28N2O/c1-5-16(17-4)14-8-10-15(11-9-14)19-13-12-18(6-2)7-3/h8-11,16-17H,5-7,12-13H2,1-4H3. The molecule has 0 aromatic heterocycles. The maximum Gasteiger partial charge on any atom is 0.119 e. The van der Waals surface area contributed by atoms with E-state index in [2.05, 4.69) is 55.3 Å². The molecule has 3 nitrogen and oxygen atoms in total. The molecule has 0 aliphatic heterocycles. The van der Waals surface area contributed by atoms with Crippen LogP contribution >= 0.6 is 0 Å². The smallest absolute Gasteiger partial charge is 0.119 e. The highest BCUT2D eigenvalue weighted by molar-refractivity contribution is 5.29. The van der Waals surface area contributed by atoms with E-state index in [1.165, 1.54) is 5.56 Å². The third kappa shape index (κ3) is 5.21. The van der Waals surface area contributed by atoms with E-state index >= 15 is 0 Å². The van der Waals surface area contributed by atoms with Crippen LogP contribution in [-0.2, 0) is 0 Å². The first-order valence-electron chi connectivity index (χ1n) is 7.37. The van der Waals surface area contributed by atoms with Gasteiger partial charge in [-0.2, -0.15) is 0 Å². The number of likely N-dealkylation sites (N-methyl/N-ethyl adjacent to an activating group) is 1. The van der Waals surface area contributed by atoms with Crippen LogP contribution in [0.15, 0.2) is 24.3 Å². The van der Waals surface area contributed by atoms with Gasteiger partial charge in [0.25, 0.3) is 0 Å². The molecule has 0 radical (unpaired) electrons. The molecule has 0 saturated carbocycles. The number of hydrogen-bond acceptors (Lipinski definition) is 3. The lowest BCUT2D eigenvalue weighted by Gasteiger charge is -2.18. The van der Waals surface area contributed by atoms with Crippen LogP contribution in [0.5, 0.6) is 5.75 Å². The third-order valence-electron chi connectivity index (χ3n) is 3.61. The molecule has 1 atom stereocenters. The van der Waals surface area contributed by atoms with Gasteiger partial charge < -0.3 is 15.0 Å². The Morgan fingerprint density at radius 3 is 2.21 bits per heavy atom. The average molecular weight is 264 g/mol. The second kappa shape index (κ2) is 8.94. The number of ether oxygens (including phenoxy) is 1. The van der Waals surface area contributed by atoms with Crippen molar-refractivity contribution in [3.63, 3.8) is 0 Å². The summed E-state index contributed by atoms with van der Waals surface area (Å²) in [6.45, 7) is 10.5. The molecule has 3 heteroatoms. The SMILES string of the molecule is CCC(NC)c1ccc(OCCN(CC)CC)cc1. The molecule has 0 bridgehead atoms. The quantitative estimate of drug-likeness (QED) is 0.742. The normalized spacial score (nSPS) is 12.7. The minimum Gasteiger partial charge on any atom is -0.492 e. The van der Waals surface area contributed by atoms with Crippen molar-refractivity contribution in [1.82, 2.24) is 10.2 Å². The maximum atomic E-state index is 5.78. The number of nitrogens with one attached hydrogen (secondary N) is 1. The molecule has 0 aliphatic carbocycles. The Bertz CT molecular complexity index is 329. The van der Waals surface area contributed by atoms with Gasteiger partial charge in [-0.25, -0.2) is 0 Å². The number of hydrogen-bond donors (Lipinski definition) is 1. The Labute approximate surface area is 118 Å². The van der Waals surface area contributed by atoms with Crippen LogP contribution in [-0.4, -0.2) is 38.2 Å². The van der Waals surface area contributed by atoms with Gasteiger partial charge in [-0.3, -0.25) is 0 Å². The zero-order valence-corrected chi connectivity index (χ0v) is 12.8. The molecule has 0 spiro atoms. The largest absolute Gasteiger partial charge is 0.492 e. The molecule has 0 saturated heterocycles. The highest BCUT2D eigenvalue weighted by Crippen LogP contribution is 2.19. The summed E-state index contributed by atoms with van der Waals surface area (Å²) < 4.78 is 5.78. The van der Waals surface area contributed by atoms with E-state index < -0.39 is 0 Å². The van der Waals surface area contributed by atoms with E-state index in [0.29, 0.717) is 6.04 Å². The van der Waals surface area contributed by atoms with Gasteiger partial charge in [-0.05, 0) is 44.3 Å². The van der Waals surface area contributed by atoms with Gasteiger partial charge in [-0.1, -0.05) is 32.9 Å². The first-order valence-corrected chi connectivity index (χ1v) is 7.37. The zero-order valence-electron chi connectivity index (χ0n) is 12.8. The van der Waals surface area contributed by atoms with Crippen molar-refractivity contribution in [2.75, 3.05) is 33.3 Å². The van der Waals surface area contributed by atoms with E-state index in [9.17, 15) is 0 Å². The van der Waals surface area contributed by atoms with Crippen molar-refractivity contribution in [2.24, 2.45) is 0 Å². The summed E-state index contributed by atoms with van der Waals surface area (Å²) in [5, 5.41) is 3.31. The van der Waals surface area contributed by atoms with Crippen LogP contribution in [0.2, 0.25) is 0 Å². The molecular formula is C16H28N2O. The Morgan fingerprint density at radius 1 is 1.11 bits per heavy atom. The molecule has 19 heavy (non-hydrogen) atoms. The summed E-state index contributed by atoms with van der Waals surface area (Å²) in [6, 6.07) is 8.87. The van der Waals surface area contributed by atoms with Crippen LogP contribution in [0.3, 0.4) is 0 Å². The van der Waals surface area contributed by atoms with Gasteiger partial charge in [0.15, 0.2) is 0 Å². The molecular weight excluding hydrogens is 236 g/mol. The lowest BCUT2D eigenvalue weighted by molar-refractivity contribution is 0.223. The molecule has 1 rings (SSSR count). The maximum absolute atomic E-state index is 5.78. The average Bonchev–Trinajstić information content (AvgIpc) is 2.46. The summed E-state index contributed by atoms with van der Waals surface area (Å²) >= 11 is 0. The topological polar surface area (TPSA) is 24.5 Å². The molecule has 1 unspecified atom stereocenters. The fourth-order valence-electron chi connectivity index (χ4n) is 2.24. The lowest BCUT2D eigenvalue weighted by Crippen LogP contribution is -2.27. The fraction of sp³-hybridized carbons (Fsp3) is 0.625. The van der Waals surface area contributed by atoms with E-state index in [4.69, 9.17) is 4.74 Å². The molecule has 0 aliphatic rings. The Kier molecular flexibility index (Phi) is 7.53. The second-order valence-electron chi connectivity index (χ2n) is 4.69. The van der Waals surface area contributed by atoms with Gasteiger partial charge in [0.2, 0.25) is 0 Å². The molecule has 1 aromatic rings. The van der Waals surface area contributed by atoms with Crippen molar-refractivity contribution in [1.29, 1.82) is 0 Å². The van der Waals surface area contributed by atoms with Gasteiger partial charge in [0, 0.05) is 12.6 Å². The Hall–Kier alpha value is -1.06. The fourth-order valence-corrected chi connectivity index (χ4v) is 2.24. The van der Waals surface area contributed by atoms with Gasteiger partial charge in [0.05, 0.1) is 0 Å². The van der Waals surface area contributed by atoms with E-state index in [-0.39, 0.29) is 0 Å². The predicted octanol–water partition coefficient (Wildman–Crippen LogP) is 3.08. The Balaban J connectivity index is 2.44. The summed E-state index contributed by atoms with van der Waals surface area (Å²) in [6.07, 6.45) is 1.10. The molecule has 0 amide bonds. The molecule has 0 heterocycles. The highest BCUT2D eigenvalue weighted by Gasteiger charge is 2.06. The summed E-state index contributed by atoms with van der Waals surface area (Å²) in [7, 11) is 2.00.